The number of rotatable bonds is 2. The second-order valence-electron chi connectivity index (χ2n) is 2.35. The van der Waals surface area contributed by atoms with Crippen LogP contribution < -0.4 is 10.5 Å². The average Bonchev–Trinajstić information content (AvgIpc) is 2.01. The lowest BCUT2D eigenvalue weighted by molar-refractivity contribution is -0.276. The summed E-state index contributed by atoms with van der Waals surface area (Å²) in [6.45, 7) is -0.0638. The Labute approximate surface area is 86.2 Å². The lowest BCUT2D eigenvalue weighted by atomic mass is 10.3. The predicted molar refractivity (Wildman–Crippen MR) is 46.5 cm³/mol. The minimum absolute atomic E-state index is 0.0638. The van der Waals surface area contributed by atoms with Crippen LogP contribution in [0.4, 0.5) is 13.2 Å². The van der Waals surface area contributed by atoms with Crippen molar-refractivity contribution in [3.8, 4) is 5.88 Å². The van der Waals surface area contributed by atoms with Crippen LogP contribution in [-0.4, -0.2) is 11.3 Å². The lowest BCUT2D eigenvalue weighted by Crippen LogP contribution is -2.19. The Bertz CT molecular complexity index is 329. The topological polar surface area (TPSA) is 48.1 Å². The van der Waals surface area contributed by atoms with Crippen molar-refractivity contribution >= 4 is 15.9 Å². The van der Waals surface area contributed by atoms with Gasteiger partial charge in [-0.2, -0.15) is 0 Å². The third-order valence-electron chi connectivity index (χ3n) is 1.34. The molecule has 1 aromatic heterocycles. The SMILES string of the molecule is NCc1ccc(Br)nc1OC(F)(F)F. The fraction of sp³-hybridized carbons (Fsp3) is 0.286. The van der Waals surface area contributed by atoms with E-state index >= 15 is 0 Å². The largest absolute Gasteiger partial charge is 0.574 e. The summed E-state index contributed by atoms with van der Waals surface area (Å²) >= 11 is 2.93. The Morgan fingerprint density at radius 2 is 2.07 bits per heavy atom. The van der Waals surface area contributed by atoms with E-state index in [1.54, 1.807) is 0 Å². The Morgan fingerprint density at radius 3 is 2.57 bits per heavy atom. The highest BCUT2D eigenvalue weighted by molar-refractivity contribution is 9.10. The monoisotopic (exact) mass is 270 g/mol. The summed E-state index contributed by atoms with van der Waals surface area (Å²) in [5.74, 6) is -0.519. The number of aromatic nitrogens is 1. The Balaban J connectivity index is 2.99. The molecule has 0 saturated carbocycles. The van der Waals surface area contributed by atoms with Crippen molar-refractivity contribution in [3.63, 3.8) is 0 Å². The summed E-state index contributed by atoms with van der Waals surface area (Å²) in [7, 11) is 0. The number of alkyl halides is 3. The number of pyridine rings is 1. The van der Waals surface area contributed by atoms with Crippen LogP contribution in [0.5, 0.6) is 5.88 Å². The molecule has 78 valence electrons. The van der Waals surface area contributed by atoms with Gasteiger partial charge >= 0.3 is 6.36 Å². The number of hydrogen-bond acceptors (Lipinski definition) is 3. The highest BCUT2D eigenvalue weighted by Crippen LogP contribution is 2.25. The molecule has 2 N–H and O–H groups in total. The molecule has 0 atom stereocenters. The molecule has 0 bridgehead atoms. The zero-order valence-corrected chi connectivity index (χ0v) is 8.39. The first kappa shape index (κ1) is 11.3. The number of nitrogens with two attached hydrogens (primary N) is 1. The van der Waals surface area contributed by atoms with Gasteiger partial charge in [0.05, 0.1) is 0 Å². The van der Waals surface area contributed by atoms with E-state index in [9.17, 15) is 13.2 Å². The maximum atomic E-state index is 11.9. The summed E-state index contributed by atoms with van der Waals surface area (Å²) in [5.41, 5.74) is 5.42. The maximum Gasteiger partial charge on any atom is 0.574 e. The number of hydrogen-bond donors (Lipinski definition) is 1. The van der Waals surface area contributed by atoms with Gasteiger partial charge in [-0.15, -0.1) is 13.2 Å². The van der Waals surface area contributed by atoms with Crippen LogP contribution in [0.3, 0.4) is 0 Å². The van der Waals surface area contributed by atoms with Gasteiger partial charge < -0.3 is 10.5 Å². The Morgan fingerprint density at radius 1 is 1.43 bits per heavy atom. The van der Waals surface area contributed by atoms with Gasteiger partial charge in [0, 0.05) is 12.1 Å². The van der Waals surface area contributed by atoms with Crippen LogP contribution in [0.25, 0.3) is 0 Å². The first-order valence-corrected chi connectivity index (χ1v) is 4.33. The van der Waals surface area contributed by atoms with Crippen molar-refractivity contribution in [1.82, 2.24) is 4.98 Å². The van der Waals surface area contributed by atoms with Crippen LogP contribution >= 0.6 is 15.9 Å². The molecule has 0 spiro atoms. The quantitative estimate of drug-likeness (QED) is 0.839. The molecule has 0 aromatic carbocycles. The smallest absolute Gasteiger partial charge is 0.387 e. The van der Waals surface area contributed by atoms with E-state index < -0.39 is 12.2 Å². The predicted octanol–water partition coefficient (Wildman–Crippen LogP) is 2.20. The van der Waals surface area contributed by atoms with E-state index in [1.807, 2.05) is 0 Å². The van der Waals surface area contributed by atoms with Gasteiger partial charge in [0.25, 0.3) is 0 Å². The van der Waals surface area contributed by atoms with E-state index in [0.29, 0.717) is 0 Å². The molecule has 3 nitrogen and oxygen atoms in total. The molecule has 0 aliphatic carbocycles. The van der Waals surface area contributed by atoms with Crippen molar-refractivity contribution in [3.05, 3.63) is 22.3 Å². The standard InChI is InChI=1S/C7H6BrF3N2O/c8-5-2-1-4(3-12)6(13-5)14-7(9,10)11/h1-2H,3,12H2. The Hall–Kier alpha value is -0.820. The van der Waals surface area contributed by atoms with Crippen LogP contribution in [0.15, 0.2) is 16.7 Å². The van der Waals surface area contributed by atoms with Gasteiger partial charge in [-0.1, -0.05) is 0 Å². The van der Waals surface area contributed by atoms with Gasteiger partial charge in [-0.05, 0) is 28.1 Å². The van der Waals surface area contributed by atoms with E-state index in [1.165, 1.54) is 12.1 Å². The third-order valence-corrected chi connectivity index (χ3v) is 1.78. The normalized spacial score (nSPS) is 11.5. The lowest BCUT2D eigenvalue weighted by Gasteiger charge is -2.10. The van der Waals surface area contributed by atoms with E-state index in [0.717, 1.165) is 0 Å². The first-order valence-electron chi connectivity index (χ1n) is 3.53. The minimum Gasteiger partial charge on any atom is -0.387 e. The van der Waals surface area contributed by atoms with Gasteiger partial charge in [-0.3, -0.25) is 0 Å². The molecule has 1 rings (SSSR count). The molecule has 14 heavy (non-hydrogen) atoms. The molecular weight excluding hydrogens is 265 g/mol. The summed E-state index contributed by atoms with van der Waals surface area (Å²) < 4.78 is 39.6. The average molecular weight is 271 g/mol. The summed E-state index contributed by atoms with van der Waals surface area (Å²) in [4.78, 5) is 3.52. The van der Waals surface area contributed by atoms with E-state index in [4.69, 9.17) is 5.73 Å². The number of nitrogens with zero attached hydrogens (tertiary/aromatic N) is 1. The summed E-state index contributed by atoms with van der Waals surface area (Å²) in [6, 6.07) is 2.91. The molecule has 0 radical (unpaired) electrons. The van der Waals surface area contributed by atoms with E-state index in [-0.39, 0.29) is 16.7 Å². The third kappa shape index (κ3) is 3.15. The molecule has 0 unspecified atom stereocenters. The second kappa shape index (κ2) is 4.14. The van der Waals surface area contributed by atoms with Crippen molar-refractivity contribution in [2.45, 2.75) is 12.9 Å². The highest BCUT2D eigenvalue weighted by atomic mass is 79.9. The molecule has 0 aliphatic heterocycles. The molecule has 0 aliphatic rings. The number of halogens is 4. The molecule has 1 heterocycles. The van der Waals surface area contributed by atoms with Gasteiger partial charge in [0.2, 0.25) is 5.88 Å². The highest BCUT2D eigenvalue weighted by Gasteiger charge is 2.32. The Kier molecular flexibility index (Phi) is 3.33. The number of ether oxygens (including phenoxy) is 1. The fourth-order valence-corrected chi connectivity index (χ4v) is 1.09. The van der Waals surface area contributed by atoms with Crippen molar-refractivity contribution in [1.29, 1.82) is 0 Å². The van der Waals surface area contributed by atoms with Crippen LogP contribution in [0.1, 0.15) is 5.56 Å². The van der Waals surface area contributed by atoms with Crippen LogP contribution in [0, 0.1) is 0 Å². The minimum atomic E-state index is -4.75. The maximum absolute atomic E-state index is 11.9. The molecule has 0 fully saturated rings. The summed E-state index contributed by atoms with van der Waals surface area (Å²) in [5, 5.41) is 0. The van der Waals surface area contributed by atoms with Crippen molar-refractivity contribution < 1.29 is 17.9 Å². The van der Waals surface area contributed by atoms with Crippen LogP contribution in [0.2, 0.25) is 0 Å². The second-order valence-corrected chi connectivity index (χ2v) is 3.16. The molecule has 0 amide bonds. The molecular formula is C7H6BrF3N2O. The van der Waals surface area contributed by atoms with Crippen LogP contribution in [-0.2, 0) is 6.54 Å². The molecule has 0 saturated heterocycles. The zero-order valence-electron chi connectivity index (χ0n) is 6.81. The molecule has 1 aromatic rings. The first-order chi connectivity index (χ1) is 6.42. The molecule has 7 heteroatoms. The van der Waals surface area contributed by atoms with Gasteiger partial charge in [0.1, 0.15) is 4.60 Å². The van der Waals surface area contributed by atoms with E-state index in [2.05, 4.69) is 25.7 Å². The van der Waals surface area contributed by atoms with Crippen molar-refractivity contribution in [2.24, 2.45) is 5.73 Å². The fourth-order valence-electron chi connectivity index (χ4n) is 0.800. The van der Waals surface area contributed by atoms with Gasteiger partial charge in [0.15, 0.2) is 0 Å². The summed E-state index contributed by atoms with van der Waals surface area (Å²) in [6.07, 6.45) is -4.75. The van der Waals surface area contributed by atoms with Gasteiger partial charge in [-0.25, -0.2) is 4.98 Å². The zero-order chi connectivity index (χ0) is 10.8. The van der Waals surface area contributed by atoms with Crippen molar-refractivity contribution in [2.75, 3.05) is 0 Å².